The molecular weight excluding hydrogens is 254 g/mol. The second-order valence-electron chi connectivity index (χ2n) is 5.30. The monoisotopic (exact) mass is 279 g/mol. The Bertz CT molecular complexity index is 447. The van der Waals surface area contributed by atoms with E-state index in [0.717, 1.165) is 11.3 Å². The van der Waals surface area contributed by atoms with Crippen molar-refractivity contribution in [2.45, 2.75) is 45.8 Å². The Morgan fingerprint density at radius 2 is 2.15 bits per heavy atom. The summed E-state index contributed by atoms with van der Waals surface area (Å²) < 4.78 is 10.8. The molecule has 2 unspecified atom stereocenters. The van der Waals surface area contributed by atoms with Crippen LogP contribution in [0.3, 0.4) is 0 Å². The van der Waals surface area contributed by atoms with Gasteiger partial charge in [-0.2, -0.15) is 0 Å². The van der Waals surface area contributed by atoms with E-state index in [9.17, 15) is 4.79 Å². The summed E-state index contributed by atoms with van der Waals surface area (Å²) in [5.41, 5.74) is 0.421. The molecule has 0 saturated heterocycles. The average Bonchev–Trinajstić information content (AvgIpc) is 2.37. The highest BCUT2D eigenvalue weighted by molar-refractivity contribution is 5.80. The maximum Gasteiger partial charge on any atom is 0.325 e. The van der Waals surface area contributed by atoms with Gasteiger partial charge in [0.1, 0.15) is 11.3 Å². The number of hydrogen-bond acceptors (Lipinski definition) is 4. The lowest BCUT2D eigenvalue weighted by Gasteiger charge is -2.30. The molecule has 0 bridgehead atoms. The zero-order valence-corrected chi connectivity index (χ0v) is 13.0. The van der Waals surface area contributed by atoms with Crippen LogP contribution in [0.25, 0.3) is 0 Å². The number of hydrogen-bond donors (Lipinski definition) is 1. The van der Waals surface area contributed by atoms with Crippen molar-refractivity contribution in [3.63, 3.8) is 0 Å². The summed E-state index contributed by atoms with van der Waals surface area (Å²) in [5, 5.41) is 3.18. The number of likely N-dealkylation sites (N-methyl/N-ethyl adjacent to an activating group) is 1. The molecule has 0 aliphatic rings. The molecule has 0 heterocycles. The van der Waals surface area contributed by atoms with E-state index in [0.29, 0.717) is 13.0 Å². The van der Waals surface area contributed by atoms with Gasteiger partial charge in [0.2, 0.25) is 0 Å². The topological polar surface area (TPSA) is 47.6 Å². The number of nitrogens with one attached hydrogen (secondary N) is 1. The van der Waals surface area contributed by atoms with Crippen molar-refractivity contribution in [1.29, 1.82) is 0 Å². The zero-order valence-electron chi connectivity index (χ0n) is 13.0. The fraction of sp³-hybridized carbons (Fsp3) is 0.562. The van der Waals surface area contributed by atoms with E-state index in [1.165, 1.54) is 7.11 Å². The summed E-state index contributed by atoms with van der Waals surface area (Å²) in [7, 11) is 1.41. The van der Waals surface area contributed by atoms with E-state index in [-0.39, 0.29) is 12.1 Å². The first-order valence-electron chi connectivity index (χ1n) is 6.98. The Morgan fingerprint density at radius 1 is 1.45 bits per heavy atom. The molecule has 1 rings (SSSR count). The van der Waals surface area contributed by atoms with Crippen LogP contribution in [0.15, 0.2) is 24.3 Å². The number of benzene rings is 1. The van der Waals surface area contributed by atoms with Crippen LogP contribution in [-0.4, -0.2) is 31.3 Å². The number of methoxy groups -OCH3 is 1. The molecule has 0 saturated carbocycles. The number of aryl methyl sites for hydroxylation is 1. The van der Waals surface area contributed by atoms with Crippen LogP contribution in [-0.2, 0) is 9.53 Å². The van der Waals surface area contributed by atoms with Crippen LogP contribution in [0.1, 0.15) is 32.8 Å². The van der Waals surface area contributed by atoms with Crippen LogP contribution in [0.4, 0.5) is 0 Å². The summed E-state index contributed by atoms with van der Waals surface area (Å²) >= 11 is 0. The summed E-state index contributed by atoms with van der Waals surface area (Å²) in [6.07, 6.45) is 0.446. The van der Waals surface area contributed by atoms with Crippen LogP contribution >= 0.6 is 0 Å². The lowest BCUT2D eigenvalue weighted by molar-refractivity contribution is -0.149. The predicted molar refractivity (Wildman–Crippen MR) is 80.0 cm³/mol. The quantitative estimate of drug-likeness (QED) is 0.780. The third-order valence-corrected chi connectivity index (χ3v) is 3.23. The van der Waals surface area contributed by atoms with Gasteiger partial charge in [0, 0.05) is 6.42 Å². The zero-order chi connectivity index (χ0) is 15.2. The molecule has 0 radical (unpaired) electrons. The Hall–Kier alpha value is -1.55. The predicted octanol–water partition coefficient (Wildman–Crippen LogP) is 2.69. The van der Waals surface area contributed by atoms with Gasteiger partial charge in [-0.3, -0.25) is 4.79 Å². The molecule has 0 amide bonds. The fourth-order valence-corrected chi connectivity index (χ4v) is 2.38. The molecule has 20 heavy (non-hydrogen) atoms. The molecule has 0 fully saturated rings. The minimum Gasteiger partial charge on any atom is -0.491 e. The highest BCUT2D eigenvalue weighted by atomic mass is 16.5. The summed E-state index contributed by atoms with van der Waals surface area (Å²) in [6, 6.07) is 7.89. The van der Waals surface area contributed by atoms with Gasteiger partial charge in [-0.1, -0.05) is 19.1 Å². The molecule has 0 aliphatic heterocycles. The minimum absolute atomic E-state index is 0.0973. The van der Waals surface area contributed by atoms with Crippen molar-refractivity contribution in [1.82, 2.24) is 5.32 Å². The lowest BCUT2D eigenvalue weighted by Crippen LogP contribution is -2.52. The van der Waals surface area contributed by atoms with E-state index in [4.69, 9.17) is 9.47 Å². The molecule has 1 N–H and O–H groups in total. The van der Waals surface area contributed by atoms with Gasteiger partial charge in [-0.05, 0) is 45.0 Å². The number of esters is 1. The number of carbonyl (C=O) groups is 1. The summed E-state index contributed by atoms with van der Waals surface area (Å²) in [4.78, 5) is 11.9. The molecule has 0 spiro atoms. The third-order valence-electron chi connectivity index (χ3n) is 3.23. The van der Waals surface area contributed by atoms with Crippen LogP contribution in [0, 0.1) is 6.92 Å². The van der Waals surface area contributed by atoms with Gasteiger partial charge in [0.25, 0.3) is 0 Å². The Labute approximate surface area is 121 Å². The Balaban J connectivity index is 2.71. The second-order valence-corrected chi connectivity index (χ2v) is 5.30. The van der Waals surface area contributed by atoms with Crippen molar-refractivity contribution >= 4 is 5.97 Å². The van der Waals surface area contributed by atoms with Crippen LogP contribution in [0.2, 0.25) is 0 Å². The van der Waals surface area contributed by atoms with Gasteiger partial charge in [0.15, 0.2) is 0 Å². The van der Waals surface area contributed by atoms with Crippen molar-refractivity contribution in [2.24, 2.45) is 0 Å². The van der Waals surface area contributed by atoms with Gasteiger partial charge in [0.05, 0.1) is 13.2 Å². The number of rotatable bonds is 7. The Morgan fingerprint density at radius 3 is 2.70 bits per heavy atom. The smallest absolute Gasteiger partial charge is 0.325 e. The number of carbonyl (C=O) groups excluding carboxylic acids is 1. The molecule has 4 nitrogen and oxygen atoms in total. The standard InChI is InChI=1S/C16H25NO3/c1-6-17-16(4,15(18)19-5)11-13(3)20-14-9-7-8-12(2)10-14/h7-10,13,17H,6,11H2,1-5H3. The van der Waals surface area contributed by atoms with Gasteiger partial charge < -0.3 is 14.8 Å². The molecule has 1 aromatic carbocycles. The fourth-order valence-electron chi connectivity index (χ4n) is 2.38. The van der Waals surface area contributed by atoms with Crippen molar-refractivity contribution in [3.8, 4) is 5.75 Å². The second kappa shape index (κ2) is 7.29. The molecule has 0 aromatic heterocycles. The highest BCUT2D eigenvalue weighted by Crippen LogP contribution is 2.20. The lowest BCUT2D eigenvalue weighted by atomic mass is 9.94. The molecule has 0 aliphatic carbocycles. The van der Waals surface area contributed by atoms with Gasteiger partial charge in [-0.25, -0.2) is 0 Å². The number of ether oxygens (including phenoxy) is 2. The third kappa shape index (κ3) is 4.53. The summed E-state index contributed by atoms with van der Waals surface area (Å²) in [6.45, 7) is 8.49. The van der Waals surface area contributed by atoms with Gasteiger partial charge in [-0.15, -0.1) is 0 Å². The molecular formula is C16H25NO3. The van der Waals surface area contributed by atoms with Crippen molar-refractivity contribution < 1.29 is 14.3 Å². The largest absolute Gasteiger partial charge is 0.491 e. The van der Waals surface area contributed by atoms with Crippen LogP contribution < -0.4 is 10.1 Å². The highest BCUT2D eigenvalue weighted by Gasteiger charge is 2.35. The van der Waals surface area contributed by atoms with Gasteiger partial charge >= 0.3 is 5.97 Å². The van der Waals surface area contributed by atoms with E-state index in [1.54, 1.807) is 0 Å². The molecule has 2 atom stereocenters. The maximum absolute atomic E-state index is 11.9. The maximum atomic E-state index is 11.9. The minimum atomic E-state index is -0.729. The van der Waals surface area contributed by atoms with E-state index >= 15 is 0 Å². The SMILES string of the molecule is CCNC(C)(CC(C)Oc1cccc(C)c1)C(=O)OC. The van der Waals surface area contributed by atoms with Crippen LogP contribution in [0.5, 0.6) is 5.75 Å². The Kier molecular flexibility index (Phi) is 6.02. The molecule has 112 valence electrons. The summed E-state index contributed by atoms with van der Waals surface area (Å²) in [5.74, 6) is 0.556. The van der Waals surface area contributed by atoms with E-state index in [2.05, 4.69) is 5.32 Å². The molecule has 1 aromatic rings. The average molecular weight is 279 g/mol. The van der Waals surface area contributed by atoms with E-state index in [1.807, 2.05) is 52.0 Å². The molecule has 4 heteroatoms. The first-order chi connectivity index (χ1) is 9.41. The first-order valence-corrected chi connectivity index (χ1v) is 6.98. The first kappa shape index (κ1) is 16.5. The van der Waals surface area contributed by atoms with Crippen molar-refractivity contribution in [3.05, 3.63) is 29.8 Å². The van der Waals surface area contributed by atoms with E-state index < -0.39 is 5.54 Å². The van der Waals surface area contributed by atoms with Crippen molar-refractivity contribution in [2.75, 3.05) is 13.7 Å². The normalized spacial score (nSPS) is 15.2.